The molecule has 1 unspecified atom stereocenters. The lowest BCUT2D eigenvalue weighted by atomic mass is 9.87. The number of carbonyl (C=O) groups excluding carboxylic acids is 1. The van der Waals surface area contributed by atoms with Gasteiger partial charge < -0.3 is 9.67 Å². The Balaban J connectivity index is 2.57. The SMILES string of the molecule is CC1(C)CCON(CC(O)CP(C)(C)=O)C1=O. The van der Waals surface area contributed by atoms with Gasteiger partial charge >= 0.3 is 0 Å². The summed E-state index contributed by atoms with van der Waals surface area (Å²) < 4.78 is 11.6. The van der Waals surface area contributed by atoms with Crippen LogP contribution in [0.4, 0.5) is 0 Å². The van der Waals surface area contributed by atoms with Crippen LogP contribution >= 0.6 is 7.14 Å². The third-order valence-corrected chi connectivity index (χ3v) is 4.11. The zero-order valence-corrected chi connectivity index (χ0v) is 11.9. The van der Waals surface area contributed by atoms with Crippen LogP contribution in [0.3, 0.4) is 0 Å². The van der Waals surface area contributed by atoms with Crippen LogP contribution in [0.2, 0.25) is 0 Å². The molecule has 1 fully saturated rings. The topological polar surface area (TPSA) is 66.8 Å². The number of hydrogen-bond acceptors (Lipinski definition) is 4. The van der Waals surface area contributed by atoms with Gasteiger partial charge in [-0.25, -0.2) is 5.06 Å². The van der Waals surface area contributed by atoms with Gasteiger partial charge in [-0.3, -0.25) is 9.63 Å². The average molecular weight is 263 g/mol. The van der Waals surface area contributed by atoms with Crippen molar-refractivity contribution in [3.63, 3.8) is 0 Å². The van der Waals surface area contributed by atoms with Gasteiger partial charge in [-0.2, -0.15) is 0 Å². The van der Waals surface area contributed by atoms with E-state index in [9.17, 15) is 14.5 Å². The van der Waals surface area contributed by atoms with E-state index in [1.54, 1.807) is 13.3 Å². The lowest BCUT2D eigenvalue weighted by molar-refractivity contribution is -0.220. The zero-order chi connectivity index (χ0) is 13.3. The van der Waals surface area contributed by atoms with Gasteiger partial charge in [0.25, 0.3) is 5.91 Å². The largest absolute Gasteiger partial charge is 0.391 e. The molecule has 1 aliphatic heterocycles. The molecule has 100 valence electrons. The fourth-order valence-electron chi connectivity index (χ4n) is 1.81. The van der Waals surface area contributed by atoms with Crippen molar-refractivity contribution in [3.05, 3.63) is 0 Å². The third-order valence-electron chi connectivity index (χ3n) is 2.81. The first-order chi connectivity index (χ1) is 7.62. The summed E-state index contributed by atoms with van der Waals surface area (Å²) in [6.45, 7) is 7.54. The number of carbonyl (C=O) groups is 1. The lowest BCUT2D eigenvalue weighted by Crippen LogP contribution is -2.49. The Hall–Kier alpha value is -0.380. The molecule has 1 rings (SSSR count). The highest BCUT2D eigenvalue weighted by Crippen LogP contribution is 2.37. The average Bonchev–Trinajstić information content (AvgIpc) is 2.09. The summed E-state index contributed by atoms with van der Waals surface area (Å²) in [7, 11) is -2.28. The van der Waals surface area contributed by atoms with E-state index in [1.165, 1.54) is 5.06 Å². The van der Waals surface area contributed by atoms with Gasteiger partial charge in [0.1, 0.15) is 0 Å². The number of aliphatic hydroxyl groups excluding tert-OH is 1. The molecule has 0 aromatic heterocycles. The Kier molecular flexibility index (Phi) is 4.39. The van der Waals surface area contributed by atoms with Crippen molar-refractivity contribution in [2.75, 3.05) is 32.6 Å². The number of amides is 1. The first kappa shape index (κ1) is 14.7. The molecule has 0 aromatic carbocycles. The van der Waals surface area contributed by atoms with E-state index < -0.39 is 18.7 Å². The van der Waals surface area contributed by atoms with Crippen molar-refractivity contribution in [2.24, 2.45) is 5.41 Å². The van der Waals surface area contributed by atoms with Gasteiger partial charge in [0.15, 0.2) is 0 Å². The fraction of sp³-hybridized carbons (Fsp3) is 0.909. The Morgan fingerprint density at radius 3 is 2.65 bits per heavy atom. The van der Waals surface area contributed by atoms with E-state index in [0.29, 0.717) is 13.0 Å². The number of nitrogens with zero attached hydrogens (tertiary/aromatic N) is 1. The minimum atomic E-state index is -2.28. The molecular weight excluding hydrogens is 241 g/mol. The minimum absolute atomic E-state index is 0.0912. The highest BCUT2D eigenvalue weighted by Gasteiger charge is 2.37. The van der Waals surface area contributed by atoms with E-state index in [2.05, 4.69) is 0 Å². The van der Waals surface area contributed by atoms with E-state index in [4.69, 9.17) is 4.84 Å². The highest BCUT2D eigenvalue weighted by molar-refractivity contribution is 7.62. The molecule has 17 heavy (non-hydrogen) atoms. The molecule has 0 spiro atoms. The molecule has 0 aliphatic carbocycles. The van der Waals surface area contributed by atoms with Crippen LogP contribution in [0, 0.1) is 5.41 Å². The van der Waals surface area contributed by atoms with E-state index >= 15 is 0 Å². The molecule has 0 aromatic rings. The summed E-state index contributed by atoms with van der Waals surface area (Å²) in [5, 5.41) is 11.0. The van der Waals surface area contributed by atoms with Crippen LogP contribution in [-0.2, 0) is 14.2 Å². The van der Waals surface area contributed by atoms with Crippen LogP contribution < -0.4 is 0 Å². The van der Waals surface area contributed by atoms with Crippen LogP contribution in [0.1, 0.15) is 20.3 Å². The lowest BCUT2D eigenvalue weighted by Gasteiger charge is -2.37. The quantitative estimate of drug-likeness (QED) is 0.773. The molecule has 1 aliphatic rings. The molecule has 5 nitrogen and oxygen atoms in total. The van der Waals surface area contributed by atoms with Crippen molar-refractivity contribution in [1.82, 2.24) is 5.06 Å². The molecule has 1 atom stereocenters. The molecule has 0 radical (unpaired) electrons. The van der Waals surface area contributed by atoms with Crippen LogP contribution in [0.5, 0.6) is 0 Å². The van der Waals surface area contributed by atoms with Crippen LogP contribution in [0.25, 0.3) is 0 Å². The number of rotatable bonds is 4. The molecule has 6 heteroatoms. The summed E-state index contributed by atoms with van der Waals surface area (Å²) in [6, 6.07) is 0. The van der Waals surface area contributed by atoms with Crippen molar-refractivity contribution in [3.8, 4) is 0 Å². The predicted octanol–water partition coefficient (Wildman–Crippen LogP) is 1.16. The number of β-amino-alcohol motifs (C(OH)–C–C–N with tert-alkyl or cyclic N) is 1. The van der Waals surface area contributed by atoms with Crippen LogP contribution in [-0.4, -0.2) is 54.8 Å². The van der Waals surface area contributed by atoms with Crippen molar-refractivity contribution in [1.29, 1.82) is 0 Å². The second-order valence-electron chi connectivity index (χ2n) is 5.74. The van der Waals surface area contributed by atoms with E-state index in [1.807, 2.05) is 13.8 Å². The zero-order valence-electron chi connectivity index (χ0n) is 11.0. The van der Waals surface area contributed by atoms with Gasteiger partial charge in [0, 0.05) is 11.6 Å². The normalized spacial score (nSPS) is 22.6. The Labute approximate surface area is 102 Å². The first-order valence-electron chi connectivity index (χ1n) is 5.79. The van der Waals surface area contributed by atoms with Gasteiger partial charge in [0.2, 0.25) is 0 Å². The molecule has 0 saturated carbocycles. The van der Waals surface area contributed by atoms with E-state index in [-0.39, 0.29) is 18.6 Å². The van der Waals surface area contributed by atoms with Gasteiger partial charge in [0.05, 0.1) is 26.4 Å². The molecular formula is C11H22NO4P. The highest BCUT2D eigenvalue weighted by atomic mass is 31.2. The fourth-order valence-corrected chi connectivity index (χ4v) is 2.94. The van der Waals surface area contributed by atoms with Gasteiger partial charge in [-0.15, -0.1) is 0 Å². The molecule has 1 heterocycles. The second kappa shape index (κ2) is 5.09. The molecule has 1 N–H and O–H groups in total. The Bertz CT molecular complexity index is 336. The van der Waals surface area contributed by atoms with Crippen LogP contribution in [0.15, 0.2) is 0 Å². The first-order valence-corrected chi connectivity index (χ1v) is 8.57. The van der Waals surface area contributed by atoms with Crippen molar-refractivity contribution < 1.29 is 19.3 Å². The second-order valence-corrected chi connectivity index (χ2v) is 9.26. The molecule has 0 bridgehead atoms. The van der Waals surface area contributed by atoms with E-state index in [0.717, 1.165) is 0 Å². The minimum Gasteiger partial charge on any atom is -0.391 e. The maximum atomic E-state index is 12.0. The monoisotopic (exact) mass is 263 g/mol. The van der Waals surface area contributed by atoms with Gasteiger partial charge in [-0.05, 0) is 19.8 Å². The number of hydrogen-bond donors (Lipinski definition) is 1. The smallest absolute Gasteiger partial charge is 0.251 e. The standard InChI is InChI=1S/C11H22NO4P/c1-11(2)5-6-16-12(10(11)14)7-9(13)8-17(3,4)15/h9,13H,5-8H2,1-4H3. The summed E-state index contributed by atoms with van der Waals surface area (Å²) >= 11 is 0. The van der Waals surface area contributed by atoms with Crippen molar-refractivity contribution in [2.45, 2.75) is 26.4 Å². The van der Waals surface area contributed by atoms with Crippen molar-refractivity contribution >= 4 is 13.0 Å². The third kappa shape index (κ3) is 4.41. The molecule has 1 amide bonds. The number of hydroxylamine groups is 2. The molecule has 1 saturated heterocycles. The van der Waals surface area contributed by atoms with Gasteiger partial charge in [-0.1, -0.05) is 13.8 Å². The summed E-state index contributed by atoms with van der Waals surface area (Å²) in [6.07, 6.45) is 0.0904. The maximum Gasteiger partial charge on any atom is 0.251 e. The maximum absolute atomic E-state index is 12.0. The number of aliphatic hydroxyl groups is 1. The Morgan fingerprint density at radius 1 is 1.53 bits per heavy atom. The summed E-state index contributed by atoms with van der Waals surface area (Å²) in [4.78, 5) is 17.2. The Morgan fingerprint density at radius 2 is 2.12 bits per heavy atom. The summed E-state index contributed by atoms with van der Waals surface area (Å²) in [5.41, 5.74) is -0.444. The predicted molar refractivity (Wildman–Crippen MR) is 66.4 cm³/mol. The summed E-state index contributed by atoms with van der Waals surface area (Å²) in [5.74, 6) is -0.121.